The molecule has 0 saturated heterocycles. The van der Waals surface area contributed by atoms with Crippen molar-refractivity contribution >= 4 is 41.2 Å². The number of hydrogen-bond donors (Lipinski definition) is 3. The molecule has 1 heterocycles. The number of carbonyl (C=O) groups is 4. The number of carboxylic acids is 1. The molecule has 10 nitrogen and oxygen atoms in total. The largest absolute Gasteiger partial charge is 0.486 e. The third-order valence-corrected chi connectivity index (χ3v) is 4.04. The summed E-state index contributed by atoms with van der Waals surface area (Å²) in [5.74, 6) is -2.13. The van der Waals surface area contributed by atoms with Crippen LogP contribution in [0, 0.1) is 0 Å². The Hall–Kier alpha value is -3.79. The summed E-state index contributed by atoms with van der Waals surface area (Å²) in [5, 5.41) is 13.1. The van der Waals surface area contributed by atoms with Gasteiger partial charge in [0.2, 0.25) is 0 Å². The fourth-order valence-electron chi connectivity index (χ4n) is 2.47. The molecule has 0 spiro atoms. The highest BCUT2D eigenvalue weighted by molar-refractivity contribution is 6.32. The Bertz CT molecular complexity index is 1020. The van der Waals surface area contributed by atoms with Gasteiger partial charge in [0.15, 0.2) is 11.5 Å². The molecule has 0 radical (unpaired) electrons. The molecule has 3 N–H and O–H groups in total. The summed E-state index contributed by atoms with van der Waals surface area (Å²) >= 11 is 5.97. The average molecular weight is 435 g/mol. The molecule has 0 unspecified atom stereocenters. The van der Waals surface area contributed by atoms with E-state index in [2.05, 4.69) is 10.6 Å². The number of amides is 3. The Morgan fingerprint density at radius 3 is 2.47 bits per heavy atom. The molecule has 1 aliphatic heterocycles. The lowest BCUT2D eigenvalue weighted by Gasteiger charge is -2.18. The lowest BCUT2D eigenvalue weighted by atomic mass is 10.2. The number of anilines is 1. The summed E-state index contributed by atoms with van der Waals surface area (Å²) in [7, 11) is 0. The van der Waals surface area contributed by atoms with Crippen molar-refractivity contribution < 1.29 is 38.5 Å². The number of fused-ring (bicyclic) bond motifs is 1. The van der Waals surface area contributed by atoms with Crippen LogP contribution in [0.4, 0.5) is 10.5 Å². The van der Waals surface area contributed by atoms with Crippen molar-refractivity contribution in [3.8, 4) is 17.2 Å². The maximum absolute atomic E-state index is 12.3. The van der Waals surface area contributed by atoms with Crippen LogP contribution in [0.1, 0.15) is 16.8 Å². The second kappa shape index (κ2) is 9.14. The summed E-state index contributed by atoms with van der Waals surface area (Å²) in [4.78, 5) is 46.2. The van der Waals surface area contributed by atoms with Gasteiger partial charge in [-0.2, -0.15) is 0 Å². The van der Waals surface area contributed by atoms with Gasteiger partial charge in [0.1, 0.15) is 25.4 Å². The number of aliphatic carboxylic acids is 1. The Labute approximate surface area is 174 Å². The van der Waals surface area contributed by atoms with E-state index >= 15 is 0 Å². The van der Waals surface area contributed by atoms with Crippen molar-refractivity contribution in [1.82, 2.24) is 5.32 Å². The minimum atomic E-state index is -1.34. The quantitative estimate of drug-likeness (QED) is 0.370. The van der Waals surface area contributed by atoms with E-state index in [0.717, 1.165) is 0 Å². The van der Waals surface area contributed by atoms with Crippen molar-refractivity contribution in [2.24, 2.45) is 0 Å². The summed E-state index contributed by atoms with van der Waals surface area (Å²) in [6.07, 6.45) is -0.819. The van der Waals surface area contributed by atoms with Gasteiger partial charge in [-0.05, 0) is 36.4 Å². The van der Waals surface area contributed by atoms with E-state index in [1.807, 2.05) is 0 Å². The molecule has 30 heavy (non-hydrogen) atoms. The first-order valence-corrected chi connectivity index (χ1v) is 8.93. The monoisotopic (exact) mass is 434 g/mol. The smallest absolute Gasteiger partial charge is 0.326 e. The summed E-state index contributed by atoms with van der Waals surface area (Å²) < 4.78 is 15.6. The zero-order chi connectivity index (χ0) is 21.7. The van der Waals surface area contributed by atoms with Gasteiger partial charge < -0.3 is 24.6 Å². The highest BCUT2D eigenvalue weighted by Crippen LogP contribution is 2.31. The third-order valence-electron chi connectivity index (χ3n) is 3.74. The van der Waals surface area contributed by atoms with Crippen molar-refractivity contribution in [3.05, 3.63) is 47.0 Å². The van der Waals surface area contributed by atoms with Crippen molar-refractivity contribution in [1.29, 1.82) is 0 Å². The SMILES string of the molecule is O=C(O)CC(=O)Oc1ccc(NC(=O)NC(=O)c2ccc3c(c2)OCCO3)cc1Cl. The number of urea groups is 1. The van der Waals surface area contributed by atoms with Crippen LogP contribution in [-0.4, -0.2) is 42.2 Å². The molecule has 0 aromatic heterocycles. The molecule has 2 aromatic carbocycles. The number of ether oxygens (including phenoxy) is 3. The average Bonchev–Trinajstić information content (AvgIpc) is 2.69. The van der Waals surface area contributed by atoms with E-state index in [-0.39, 0.29) is 22.0 Å². The topological polar surface area (TPSA) is 140 Å². The number of rotatable bonds is 5. The van der Waals surface area contributed by atoms with E-state index < -0.39 is 30.3 Å². The first-order chi connectivity index (χ1) is 14.3. The molecular formula is C19H15ClN2O8. The van der Waals surface area contributed by atoms with E-state index in [4.69, 9.17) is 30.9 Å². The number of benzene rings is 2. The minimum absolute atomic E-state index is 0.0373. The van der Waals surface area contributed by atoms with E-state index in [1.54, 1.807) is 6.07 Å². The van der Waals surface area contributed by atoms with Crippen molar-refractivity contribution in [3.63, 3.8) is 0 Å². The van der Waals surface area contributed by atoms with Gasteiger partial charge in [0, 0.05) is 11.3 Å². The maximum Gasteiger partial charge on any atom is 0.326 e. The number of esters is 1. The Morgan fingerprint density at radius 2 is 1.77 bits per heavy atom. The molecular weight excluding hydrogens is 420 g/mol. The number of halogens is 1. The number of carboxylic acid groups (broad SMARTS) is 1. The van der Waals surface area contributed by atoms with Crippen molar-refractivity contribution in [2.45, 2.75) is 6.42 Å². The lowest BCUT2D eigenvalue weighted by Crippen LogP contribution is -2.34. The van der Waals surface area contributed by atoms with Gasteiger partial charge in [-0.3, -0.25) is 19.7 Å². The van der Waals surface area contributed by atoms with Crippen LogP contribution < -0.4 is 24.8 Å². The van der Waals surface area contributed by atoms with Crippen LogP contribution in [0.25, 0.3) is 0 Å². The fourth-order valence-corrected chi connectivity index (χ4v) is 2.68. The van der Waals surface area contributed by atoms with Gasteiger partial charge in [-0.1, -0.05) is 11.6 Å². The normalized spacial score (nSPS) is 11.9. The molecule has 2 aromatic rings. The summed E-state index contributed by atoms with van der Waals surface area (Å²) in [5.41, 5.74) is 0.415. The van der Waals surface area contributed by atoms with Gasteiger partial charge in [-0.15, -0.1) is 0 Å². The van der Waals surface area contributed by atoms with Gasteiger partial charge in [0.05, 0.1) is 5.02 Å². The second-order valence-corrected chi connectivity index (χ2v) is 6.36. The molecule has 3 rings (SSSR count). The molecule has 0 atom stereocenters. The number of carbonyl (C=O) groups excluding carboxylic acids is 3. The van der Waals surface area contributed by atoms with Gasteiger partial charge in [0.25, 0.3) is 5.91 Å². The van der Waals surface area contributed by atoms with Gasteiger partial charge in [-0.25, -0.2) is 4.79 Å². The Morgan fingerprint density at radius 1 is 1.03 bits per heavy atom. The number of imide groups is 1. The van der Waals surface area contributed by atoms with Crippen LogP contribution in [0.2, 0.25) is 5.02 Å². The first kappa shape index (κ1) is 20.9. The molecule has 11 heteroatoms. The molecule has 1 aliphatic rings. The van der Waals surface area contributed by atoms with Crippen LogP contribution in [0.5, 0.6) is 17.2 Å². The van der Waals surface area contributed by atoms with Crippen LogP contribution in [0.3, 0.4) is 0 Å². The summed E-state index contributed by atoms with van der Waals surface area (Å²) in [6.45, 7) is 0.780. The Kier molecular flexibility index (Phi) is 6.38. The fraction of sp³-hybridized carbons (Fsp3) is 0.158. The Balaban J connectivity index is 1.59. The number of hydrogen-bond acceptors (Lipinski definition) is 7. The minimum Gasteiger partial charge on any atom is -0.486 e. The zero-order valence-corrected chi connectivity index (χ0v) is 16.0. The highest BCUT2D eigenvalue weighted by atomic mass is 35.5. The predicted molar refractivity (Wildman–Crippen MR) is 103 cm³/mol. The maximum atomic E-state index is 12.3. The lowest BCUT2D eigenvalue weighted by molar-refractivity contribution is -0.145. The van der Waals surface area contributed by atoms with Crippen molar-refractivity contribution in [2.75, 3.05) is 18.5 Å². The summed E-state index contributed by atoms with van der Waals surface area (Å²) in [6, 6.07) is 7.64. The molecule has 0 fully saturated rings. The van der Waals surface area contributed by atoms with E-state index in [1.165, 1.54) is 30.3 Å². The molecule has 0 saturated carbocycles. The standard InChI is InChI=1S/C19H15ClN2O8/c20-12-8-11(2-4-13(12)30-17(25)9-16(23)24)21-19(27)22-18(26)10-1-3-14-15(7-10)29-6-5-28-14/h1-4,7-8H,5-6,9H2,(H,23,24)(H2,21,22,26,27). The predicted octanol–water partition coefficient (Wildman–Crippen LogP) is 2.45. The van der Waals surface area contributed by atoms with Crippen LogP contribution in [0.15, 0.2) is 36.4 Å². The zero-order valence-electron chi connectivity index (χ0n) is 15.3. The first-order valence-electron chi connectivity index (χ1n) is 8.56. The number of nitrogens with one attached hydrogen (secondary N) is 2. The van der Waals surface area contributed by atoms with Crippen LogP contribution in [-0.2, 0) is 9.59 Å². The third kappa shape index (κ3) is 5.39. The highest BCUT2D eigenvalue weighted by Gasteiger charge is 2.17. The molecule has 156 valence electrons. The molecule has 3 amide bonds. The molecule has 0 aliphatic carbocycles. The van der Waals surface area contributed by atoms with Gasteiger partial charge >= 0.3 is 18.0 Å². The second-order valence-electron chi connectivity index (χ2n) is 5.96. The van der Waals surface area contributed by atoms with E-state index in [9.17, 15) is 19.2 Å². The molecule has 0 bridgehead atoms. The van der Waals surface area contributed by atoms with Crippen LogP contribution >= 0.6 is 11.6 Å². The van der Waals surface area contributed by atoms with E-state index in [0.29, 0.717) is 24.7 Å².